The standard InChI is InChI=1S/C13H16N2O3S/c1-14-12(16)9-6-15(10-2-4-18-11(9)10)13(17)8-3-5-19-7-8/h3,5,7,9-11H,2,4,6H2,1H3,(H,14,16)/t9-,10+,11+/m0/s1. The van der Waals surface area contributed by atoms with Crippen molar-refractivity contribution < 1.29 is 14.3 Å². The van der Waals surface area contributed by atoms with Gasteiger partial charge >= 0.3 is 0 Å². The lowest BCUT2D eigenvalue weighted by Gasteiger charge is -2.21. The molecule has 0 unspecified atom stereocenters. The van der Waals surface area contributed by atoms with Gasteiger partial charge in [0.25, 0.3) is 5.91 Å². The molecule has 1 aromatic rings. The van der Waals surface area contributed by atoms with Gasteiger partial charge in [0.1, 0.15) is 0 Å². The van der Waals surface area contributed by atoms with Crippen LogP contribution < -0.4 is 5.32 Å². The number of carbonyl (C=O) groups is 2. The van der Waals surface area contributed by atoms with E-state index < -0.39 is 0 Å². The predicted octanol–water partition coefficient (Wildman–Crippen LogP) is 0.724. The van der Waals surface area contributed by atoms with Gasteiger partial charge < -0.3 is 15.0 Å². The third-order valence-corrected chi connectivity index (χ3v) is 4.59. The molecular weight excluding hydrogens is 264 g/mol. The Morgan fingerprint density at radius 3 is 3.05 bits per heavy atom. The van der Waals surface area contributed by atoms with Crippen molar-refractivity contribution in [1.29, 1.82) is 0 Å². The molecule has 2 amide bonds. The molecule has 1 N–H and O–H groups in total. The van der Waals surface area contributed by atoms with E-state index in [1.165, 1.54) is 11.3 Å². The number of fused-ring (bicyclic) bond motifs is 1. The van der Waals surface area contributed by atoms with Crippen molar-refractivity contribution in [2.24, 2.45) is 5.92 Å². The van der Waals surface area contributed by atoms with Gasteiger partial charge in [-0.1, -0.05) is 0 Å². The van der Waals surface area contributed by atoms with E-state index in [1.807, 2.05) is 16.8 Å². The summed E-state index contributed by atoms with van der Waals surface area (Å²) >= 11 is 1.51. The van der Waals surface area contributed by atoms with E-state index in [1.54, 1.807) is 11.9 Å². The number of carbonyl (C=O) groups excluding carboxylic acids is 2. The molecule has 0 saturated carbocycles. The maximum Gasteiger partial charge on any atom is 0.255 e. The van der Waals surface area contributed by atoms with Crippen LogP contribution in [-0.4, -0.2) is 49.1 Å². The highest BCUT2D eigenvalue weighted by molar-refractivity contribution is 7.08. The maximum atomic E-state index is 12.5. The lowest BCUT2D eigenvalue weighted by atomic mass is 10.0. The molecule has 2 fully saturated rings. The first kappa shape index (κ1) is 12.6. The second kappa shape index (κ2) is 4.94. The number of ether oxygens (including phenoxy) is 1. The minimum absolute atomic E-state index is 0.00755. The number of nitrogens with one attached hydrogen (secondary N) is 1. The highest BCUT2D eigenvalue weighted by atomic mass is 32.1. The Labute approximate surface area is 115 Å². The Kier molecular flexibility index (Phi) is 3.28. The Balaban J connectivity index is 1.83. The molecule has 3 rings (SSSR count). The number of hydrogen-bond donors (Lipinski definition) is 1. The normalized spacial score (nSPS) is 29.3. The van der Waals surface area contributed by atoms with E-state index in [9.17, 15) is 9.59 Å². The molecule has 6 heteroatoms. The van der Waals surface area contributed by atoms with Crippen LogP contribution in [0.15, 0.2) is 16.8 Å². The van der Waals surface area contributed by atoms with Crippen LogP contribution in [0.25, 0.3) is 0 Å². The fraction of sp³-hybridized carbons (Fsp3) is 0.538. The molecule has 3 heterocycles. The highest BCUT2D eigenvalue weighted by Crippen LogP contribution is 2.34. The first-order valence-electron chi connectivity index (χ1n) is 6.38. The van der Waals surface area contributed by atoms with Crippen LogP contribution in [0, 0.1) is 5.92 Å². The number of hydrogen-bond acceptors (Lipinski definition) is 4. The highest BCUT2D eigenvalue weighted by Gasteiger charge is 2.50. The second-order valence-electron chi connectivity index (χ2n) is 4.88. The summed E-state index contributed by atoms with van der Waals surface area (Å²) in [5, 5.41) is 6.40. The van der Waals surface area contributed by atoms with E-state index in [0.29, 0.717) is 18.7 Å². The first-order chi connectivity index (χ1) is 9.22. The van der Waals surface area contributed by atoms with Crippen LogP contribution >= 0.6 is 11.3 Å². The molecule has 0 spiro atoms. The number of thiophene rings is 1. The number of nitrogens with zero attached hydrogens (tertiary/aromatic N) is 1. The summed E-state index contributed by atoms with van der Waals surface area (Å²) in [7, 11) is 1.62. The predicted molar refractivity (Wildman–Crippen MR) is 71.1 cm³/mol. The third-order valence-electron chi connectivity index (χ3n) is 3.91. The fourth-order valence-electron chi connectivity index (χ4n) is 2.97. The topological polar surface area (TPSA) is 58.6 Å². The molecule has 0 aliphatic carbocycles. The third kappa shape index (κ3) is 2.04. The van der Waals surface area contributed by atoms with Crippen molar-refractivity contribution in [2.75, 3.05) is 20.2 Å². The van der Waals surface area contributed by atoms with Crippen molar-refractivity contribution >= 4 is 23.2 Å². The van der Waals surface area contributed by atoms with E-state index >= 15 is 0 Å². The molecule has 1 aromatic heterocycles. The molecule has 2 aliphatic heterocycles. The average molecular weight is 280 g/mol. The average Bonchev–Trinajstić information content (AvgIpc) is 3.12. The summed E-state index contributed by atoms with van der Waals surface area (Å²) in [6, 6.07) is 1.86. The summed E-state index contributed by atoms with van der Waals surface area (Å²) in [6.45, 7) is 1.07. The lowest BCUT2D eigenvalue weighted by molar-refractivity contribution is -0.127. The molecular formula is C13H16N2O3S. The smallest absolute Gasteiger partial charge is 0.255 e. The largest absolute Gasteiger partial charge is 0.375 e. The number of likely N-dealkylation sites (tertiary alicyclic amines) is 1. The van der Waals surface area contributed by atoms with Crippen molar-refractivity contribution in [3.8, 4) is 0 Å². The van der Waals surface area contributed by atoms with Gasteiger partial charge in [-0.05, 0) is 17.9 Å². The van der Waals surface area contributed by atoms with Crippen molar-refractivity contribution in [3.63, 3.8) is 0 Å². The molecule has 0 bridgehead atoms. The van der Waals surface area contributed by atoms with Crippen LogP contribution in [0.1, 0.15) is 16.8 Å². The number of amides is 2. The monoisotopic (exact) mass is 280 g/mol. The van der Waals surface area contributed by atoms with Gasteiger partial charge in [0, 0.05) is 25.6 Å². The maximum absolute atomic E-state index is 12.5. The van der Waals surface area contributed by atoms with Crippen molar-refractivity contribution in [3.05, 3.63) is 22.4 Å². The van der Waals surface area contributed by atoms with Gasteiger partial charge in [-0.25, -0.2) is 0 Å². The first-order valence-corrected chi connectivity index (χ1v) is 7.33. The summed E-state index contributed by atoms with van der Waals surface area (Å²) in [6.07, 6.45) is 0.663. The summed E-state index contributed by atoms with van der Waals surface area (Å²) < 4.78 is 5.66. The molecule has 19 heavy (non-hydrogen) atoms. The molecule has 2 saturated heterocycles. The SMILES string of the molecule is CNC(=O)[C@H]1CN(C(=O)c2ccsc2)[C@@H]2CCO[C@H]12. The summed E-state index contributed by atoms with van der Waals surface area (Å²) in [4.78, 5) is 26.1. The summed E-state index contributed by atoms with van der Waals surface area (Å²) in [5.41, 5.74) is 0.702. The fourth-order valence-corrected chi connectivity index (χ4v) is 3.60. The van der Waals surface area contributed by atoms with Crippen molar-refractivity contribution in [1.82, 2.24) is 10.2 Å². The minimum atomic E-state index is -0.250. The van der Waals surface area contributed by atoms with Crippen molar-refractivity contribution in [2.45, 2.75) is 18.6 Å². The molecule has 102 valence electrons. The van der Waals surface area contributed by atoms with E-state index in [4.69, 9.17) is 4.74 Å². The van der Waals surface area contributed by atoms with Gasteiger partial charge in [0.2, 0.25) is 5.91 Å². The van der Waals surface area contributed by atoms with Gasteiger partial charge in [-0.15, -0.1) is 0 Å². The van der Waals surface area contributed by atoms with E-state index in [0.717, 1.165) is 6.42 Å². The van der Waals surface area contributed by atoms with Gasteiger partial charge in [-0.3, -0.25) is 9.59 Å². The Morgan fingerprint density at radius 2 is 2.37 bits per heavy atom. The van der Waals surface area contributed by atoms with Crippen LogP contribution in [0.5, 0.6) is 0 Å². The molecule has 3 atom stereocenters. The zero-order valence-electron chi connectivity index (χ0n) is 10.7. The molecule has 5 nitrogen and oxygen atoms in total. The minimum Gasteiger partial charge on any atom is -0.375 e. The lowest BCUT2D eigenvalue weighted by Crippen LogP contribution is -2.37. The molecule has 2 aliphatic rings. The van der Waals surface area contributed by atoms with Gasteiger partial charge in [0.05, 0.1) is 23.6 Å². The van der Waals surface area contributed by atoms with Crippen LogP contribution in [0.3, 0.4) is 0 Å². The van der Waals surface area contributed by atoms with E-state index in [2.05, 4.69) is 5.32 Å². The van der Waals surface area contributed by atoms with Gasteiger partial charge in [-0.2, -0.15) is 11.3 Å². The number of rotatable bonds is 2. The molecule has 0 radical (unpaired) electrons. The van der Waals surface area contributed by atoms with Crippen LogP contribution in [-0.2, 0) is 9.53 Å². The van der Waals surface area contributed by atoms with Crippen LogP contribution in [0.4, 0.5) is 0 Å². The zero-order chi connectivity index (χ0) is 13.4. The summed E-state index contributed by atoms with van der Waals surface area (Å²) in [5.74, 6) is -0.286. The quantitative estimate of drug-likeness (QED) is 0.868. The molecule has 0 aromatic carbocycles. The van der Waals surface area contributed by atoms with Gasteiger partial charge in [0.15, 0.2) is 0 Å². The second-order valence-corrected chi connectivity index (χ2v) is 5.66. The van der Waals surface area contributed by atoms with E-state index in [-0.39, 0.29) is 29.9 Å². The van der Waals surface area contributed by atoms with Crippen LogP contribution in [0.2, 0.25) is 0 Å². The Hall–Kier alpha value is -1.40. The Morgan fingerprint density at radius 1 is 1.53 bits per heavy atom. The Bertz CT molecular complexity index is 488. The zero-order valence-corrected chi connectivity index (χ0v) is 11.5.